The van der Waals surface area contributed by atoms with E-state index in [1.54, 1.807) is 6.20 Å². The average Bonchev–Trinajstić information content (AvgIpc) is 2.68. The summed E-state index contributed by atoms with van der Waals surface area (Å²) in [5, 5.41) is 14.3. The molecule has 21 heavy (non-hydrogen) atoms. The van der Waals surface area contributed by atoms with Crippen LogP contribution in [0.3, 0.4) is 0 Å². The van der Waals surface area contributed by atoms with E-state index in [-0.39, 0.29) is 5.69 Å². The number of rotatable bonds is 4. The molecular formula is C14H19BrN4O2. The molecule has 1 aromatic rings. The molecule has 2 fully saturated rings. The van der Waals surface area contributed by atoms with Crippen LogP contribution in [-0.4, -0.2) is 40.5 Å². The molecular weight excluding hydrogens is 336 g/mol. The Morgan fingerprint density at radius 2 is 2.14 bits per heavy atom. The third-order valence-corrected chi connectivity index (χ3v) is 5.22. The summed E-state index contributed by atoms with van der Waals surface area (Å²) in [6, 6.07) is 2.86. The molecule has 6 nitrogen and oxygen atoms in total. The lowest BCUT2D eigenvalue weighted by Crippen LogP contribution is -2.41. The van der Waals surface area contributed by atoms with E-state index in [0.717, 1.165) is 6.54 Å². The number of piperidine rings is 1. The van der Waals surface area contributed by atoms with Gasteiger partial charge in [0.15, 0.2) is 0 Å². The van der Waals surface area contributed by atoms with Gasteiger partial charge in [-0.2, -0.15) is 0 Å². The van der Waals surface area contributed by atoms with Gasteiger partial charge in [-0.25, -0.2) is 4.98 Å². The van der Waals surface area contributed by atoms with Crippen molar-refractivity contribution in [2.45, 2.75) is 37.8 Å². The first-order valence-electron chi connectivity index (χ1n) is 7.30. The van der Waals surface area contributed by atoms with Gasteiger partial charge >= 0.3 is 5.69 Å². The molecule has 2 saturated heterocycles. The molecule has 1 N–H and O–H groups in total. The van der Waals surface area contributed by atoms with Crippen LogP contribution >= 0.6 is 15.9 Å². The Kier molecular flexibility index (Phi) is 4.12. The Bertz CT molecular complexity index is 540. The molecule has 2 aliphatic rings. The fourth-order valence-corrected chi connectivity index (χ4v) is 3.96. The van der Waals surface area contributed by atoms with E-state index in [2.05, 4.69) is 38.2 Å². The average molecular weight is 355 g/mol. The van der Waals surface area contributed by atoms with Gasteiger partial charge in [0.2, 0.25) is 5.82 Å². The van der Waals surface area contributed by atoms with E-state index < -0.39 is 4.92 Å². The Morgan fingerprint density at radius 1 is 1.48 bits per heavy atom. The zero-order valence-electron chi connectivity index (χ0n) is 12.0. The van der Waals surface area contributed by atoms with Crippen molar-refractivity contribution in [3.8, 4) is 0 Å². The zero-order chi connectivity index (χ0) is 15.0. The molecule has 2 bridgehead atoms. The summed E-state index contributed by atoms with van der Waals surface area (Å²) < 4.78 is 0.622. The molecule has 3 heterocycles. The third kappa shape index (κ3) is 3.03. The van der Waals surface area contributed by atoms with Crippen molar-refractivity contribution in [2.75, 3.05) is 18.9 Å². The lowest BCUT2D eigenvalue weighted by molar-refractivity contribution is -0.384. The highest BCUT2D eigenvalue weighted by Gasteiger charge is 2.38. The van der Waals surface area contributed by atoms with Gasteiger partial charge in [-0.1, -0.05) is 0 Å². The van der Waals surface area contributed by atoms with Gasteiger partial charge in [0, 0.05) is 35.4 Å². The van der Waals surface area contributed by atoms with Gasteiger partial charge in [-0.15, -0.1) is 0 Å². The quantitative estimate of drug-likeness (QED) is 0.664. The first-order valence-corrected chi connectivity index (χ1v) is 8.09. The number of fused-ring (bicyclic) bond motifs is 2. The number of hydrogen-bond acceptors (Lipinski definition) is 5. The molecule has 1 aromatic heterocycles. The molecule has 0 amide bonds. The highest BCUT2D eigenvalue weighted by molar-refractivity contribution is 9.10. The van der Waals surface area contributed by atoms with Crippen molar-refractivity contribution in [3.05, 3.63) is 26.9 Å². The summed E-state index contributed by atoms with van der Waals surface area (Å²) in [7, 11) is 2.22. The van der Waals surface area contributed by atoms with Crippen molar-refractivity contribution in [1.29, 1.82) is 0 Å². The molecule has 7 heteroatoms. The first-order chi connectivity index (χ1) is 10.0. The minimum atomic E-state index is -0.390. The number of nitrogens with zero attached hydrogens (tertiary/aromatic N) is 3. The molecule has 0 aliphatic carbocycles. The summed E-state index contributed by atoms with van der Waals surface area (Å²) in [6.45, 7) is 0.760. The Hall–Kier alpha value is -1.21. The summed E-state index contributed by atoms with van der Waals surface area (Å²) in [5.41, 5.74) is 0.0280. The van der Waals surface area contributed by atoms with Crippen LogP contribution in [0.1, 0.15) is 25.7 Å². The Labute approximate surface area is 132 Å². The van der Waals surface area contributed by atoms with Gasteiger partial charge in [0.1, 0.15) is 0 Å². The van der Waals surface area contributed by atoms with Gasteiger partial charge in [-0.05, 0) is 54.6 Å². The van der Waals surface area contributed by atoms with Gasteiger partial charge in [-0.3, -0.25) is 10.1 Å². The van der Waals surface area contributed by atoms with Crippen LogP contribution < -0.4 is 5.32 Å². The summed E-state index contributed by atoms with van der Waals surface area (Å²) in [5.74, 6) is 0.943. The van der Waals surface area contributed by atoms with Crippen LogP contribution in [0.25, 0.3) is 0 Å². The van der Waals surface area contributed by atoms with Crippen molar-refractivity contribution in [2.24, 2.45) is 5.92 Å². The zero-order valence-corrected chi connectivity index (χ0v) is 13.5. The normalized spacial score (nSPS) is 28.6. The Balaban J connectivity index is 1.65. The van der Waals surface area contributed by atoms with Crippen molar-refractivity contribution < 1.29 is 4.92 Å². The van der Waals surface area contributed by atoms with Crippen molar-refractivity contribution in [3.63, 3.8) is 0 Å². The van der Waals surface area contributed by atoms with E-state index in [1.165, 1.54) is 31.7 Å². The van der Waals surface area contributed by atoms with E-state index >= 15 is 0 Å². The third-order valence-electron chi connectivity index (χ3n) is 4.78. The number of anilines is 1. The molecule has 114 valence electrons. The minimum absolute atomic E-state index is 0.0280. The molecule has 0 saturated carbocycles. The second-order valence-electron chi connectivity index (χ2n) is 6.05. The van der Waals surface area contributed by atoms with E-state index in [9.17, 15) is 10.1 Å². The SMILES string of the molecule is CN1C2CCC1CC(CNc1ncc(Br)cc1[N+](=O)[O-])C2. The van der Waals surface area contributed by atoms with Crippen LogP contribution in [0.5, 0.6) is 0 Å². The van der Waals surface area contributed by atoms with Crippen LogP contribution in [-0.2, 0) is 0 Å². The van der Waals surface area contributed by atoms with Crippen LogP contribution in [0.2, 0.25) is 0 Å². The van der Waals surface area contributed by atoms with E-state index in [1.807, 2.05) is 0 Å². The van der Waals surface area contributed by atoms with Crippen molar-refractivity contribution in [1.82, 2.24) is 9.88 Å². The summed E-state index contributed by atoms with van der Waals surface area (Å²) >= 11 is 3.22. The van der Waals surface area contributed by atoms with Crippen LogP contribution in [0.15, 0.2) is 16.7 Å². The standard InChI is InChI=1S/C14H19BrN4O2/c1-18-11-2-3-12(18)5-9(4-11)7-16-14-13(19(20)21)6-10(15)8-17-14/h6,8-9,11-12H,2-5,7H2,1H3,(H,16,17). The number of halogens is 1. The highest BCUT2D eigenvalue weighted by atomic mass is 79.9. The maximum Gasteiger partial charge on any atom is 0.312 e. The summed E-state index contributed by atoms with van der Waals surface area (Å²) in [6.07, 6.45) is 6.50. The first kappa shape index (κ1) is 14.7. The molecule has 0 spiro atoms. The van der Waals surface area contributed by atoms with Crippen LogP contribution in [0, 0.1) is 16.0 Å². The van der Waals surface area contributed by atoms with Gasteiger partial charge in [0.25, 0.3) is 0 Å². The molecule has 3 rings (SSSR count). The second kappa shape index (κ2) is 5.88. The van der Waals surface area contributed by atoms with Gasteiger partial charge < -0.3 is 10.2 Å². The smallest absolute Gasteiger partial charge is 0.312 e. The molecule has 0 radical (unpaired) electrons. The minimum Gasteiger partial charge on any atom is -0.364 e. The topological polar surface area (TPSA) is 71.3 Å². The predicted molar refractivity (Wildman–Crippen MR) is 84.4 cm³/mol. The van der Waals surface area contributed by atoms with E-state index in [4.69, 9.17) is 0 Å². The number of aromatic nitrogens is 1. The number of nitrogens with one attached hydrogen (secondary N) is 1. The molecule has 2 unspecified atom stereocenters. The second-order valence-corrected chi connectivity index (χ2v) is 6.96. The molecule has 2 aliphatic heterocycles. The lowest BCUT2D eigenvalue weighted by Gasteiger charge is -2.36. The largest absolute Gasteiger partial charge is 0.364 e. The molecule has 2 atom stereocenters. The maximum atomic E-state index is 11.1. The lowest BCUT2D eigenvalue weighted by atomic mass is 9.91. The van der Waals surface area contributed by atoms with Crippen molar-refractivity contribution >= 4 is 27.4 Å². The molecule has 0 aromatic carbocycles. The Morgan fingerprint density at radius 3 is 2.76 bits per heavy atom. The number of hydrogen-bond donors (Lipinski definition) is 1. The fraction of sp³-hybridized carbons (Fsp3) is 0.643. The fourth-order valence-electron chi connectivity index (χ4n) is 3.64. The van der Waals surface area contributed by atoms with Crippen LogP contribution in [0.4, 0.5) is 11.5 Å². The van der Waals surface area contributed by atoms with E-state index in [0.29, 0.717) is 28.3 Å². The highest BCUT2D eigenvalue weighted by Crippen LogP contribution is 2.37. The number of nitro groups is 1. The predicted octanol–water partition coefficient (Wildman–Crippen LogP) is 3.04. The van der Waals surface area contributed by atoms with Gasteiger partial charge in [0.05, 0.1) is 4.92 Å². The monoisotopic (exact) mass is 354 g/mol. The summed E-state index contributed by atoms with van der Waals surface area (Å²) in [4.78, 5) is 17.3. The number of pyridine rings is 1. The maximum absolute atomic E-state index is 11.1.